The number of aryl methyl sites for hydroxylation is 2. The van der Waals surface area contributed by atoms with Gasteiger partial charge in [0.2, 0.25) is 0 Å². The number of hydrogen-bond acceptors (Lipinski definition) is 6. The van der Waals surface area contributed by atoms with E-state index >= 15 is 0 Å². The fraction of sp³-hybridized carbons (Fsp3) is 0.115. The summed E-state index contributed by atoms with van der Waals surface area (Å²) in [5, 5.41) is 31.6. The third-order valence-corrected chi connectivity index (χ3v) is 5.61. The third-order valence-electron chi connectivity index (χ3n) is 5.61. The van der Waals surface area contributed by atoms with Crippen molar-refractivity contribution in [3.8, 4) is 51.2 Å². The third kappa shape index (κ3) is 3.43. The molecule has 0 atom stereocenters. The Kier molecular flexibility index (Phi) is 4.94. The molecule has 7 heteroatoms. The number of nitrogens with zero attached hydrogens (tertiary/aromatic N) is 4. The number of fused-ring (bicyclic) bond motifs is 1. The van der Waals surface area contributed by atoms with Gasteiger partial charge in [-0.2, -0.15) is 0 Å². The molecule has 0 bridgehead atoms. The summed E-state index contributed by atoms with van der Waals surface area (Å²) in [5.74, 6) is 0.773. The van der Waals surface area contributed by atoms with Crippen molar-refractivity contribution >= 4 is 11.3 Å². The molecular formula is C26H22N4O3. The summed E-state index contributed by atoms with van der Waals surface area (Å²) in [7, 11) is 0. The van der Waals surface area contributed by atoms with Crippen LogP contribution in [0, 0.1) is 6.92 Å². The second kappa shape index (κ2) is 7.94. The van der Waals surface area contributed by atoms with Crippen LogP contribution in [0.2, 0.25) is 0 Å². The zero-order valence-corrected chi connectivity index (χ0v) is 18.2. The number of aromatic hydroxyl groups is 3. The Hall–Kier alpha value is -4.39. The molecule has 0 saturated carbocycles. The first kappa shape index (κ1) is 20.5. The van der Waals surface area contributed by atoms with Gasteiger partial charge in [-0.1, -0.05) is 35.9 Å². The molecule has 7 nitrogen and oxygen atoms in total. The minimum atomic E-state index is 0.0503. The lowest BCUT2D eigenvalue weighted by Gasteiger charge is -2.12. The molecule has 0 amide bonds. The molecule has 3 N–H and O–H groups in total. The number of phenolic OH excluding ortho intramolecular Hbond substituents is 3. The molecule has 5 rings (SSSR count). The lowest BCUT2D eigenvalue weighted by molar-refractivity contribution is 0.475. The maximum absolute atomic E-state index is 10.6. The summed E-state index contributed by atoms with van der Waals surface area (Å²) in [6, 6.07) is 19.1. The number of rotatable bonds is 4. The molecular weight excluding hydrogens is 416 g/mol. The van der Waals surface area contributed by atoms with Gasteiger partial charge in [-0.05, 0) is 50.2 Å². The van der Waals surface area contributed by atoms with Crippen molar-refractivity contribution in [3.63, 3.8) is 0 Å². The Bertz CT molecular complexity index is 1510. The number of aromatic nitrogens is 4. The molecule has 0 aliphatic heterocycles. The Labute approximate surface area is 190 Å². The second-order valence-electron chi connectivity index (χ2n) is 7.80. The lowest BCUT2D eigenvalue weighted by atomic mass is 10.0. The van der Waals surface area contributed by atoms with E-state index in [9.17, 15) is 15.3 Å². The summed E-state index contributed by atoms with van der Waals surface area (Å²) >= 11 is 0. The highest BCUT2D eigenvalue weighted by atomic mass is 16.3. The normalized spacial score (nSPS) is 11.2. The van der Waals surface area contributed by atoms with E-state index in [2.05, 4.69) is 0 Å². The number of para-hydroxylation sites is 2. The molecule has 0 fully saturated rings. The van der Waals surface area contributed by atoms with Crippen molar-refractivity contribution in [3.05, 3.63) is 72.3 Å². The molecule has 5 aromatic rings. The first-order valence-electron chi connectivity index (χ1n) is 10.6. The first-order valence-corrected chi connectivity index (χ1v) is 10.6. The van der Waals surface area contributed by atoms with Crippen molar-refractivity contribution in [2.75, 3.05) is 0 Å². The average molecular weight is 438 g/mol. The van der Waals surface area contributed by atoms with E-state index in [0.29, 0.717) is 51.7 Å². The summed E-state index contributed by atoms with van der Waals surface area (Å²) in [6.07, 6.45) is 0. The Morgan fingerprint density at radius 2 is 1.27 bits per heavy atom. The molecule has 33 heavy (non-hydrogen) atoms. The highest BCUT2D eigenvalue weighted by Crippen LogP contribution is 2.39. The van der Waals surface area contributed by atoms with Crippen LogP contribution < -0.4 is 0 Å². The fourth-order valence-corrected chi connectivity index (χ4v) is 3.99. The molecule has 164 valence electrons. The van der Waals surface area contributed by atoms with Gasteiger partial charge in [-0.3, -0.25) is 0 Å². The summed E-state index contributed by atoms with van der Waals surface area (Å²) in [6.45, 7) is 4.46. The molecule has 0 radical (unpaired) electrons. The predicted octanol–water partition coefficient (Wildman–Crippen LogP) is 5.27. The second-order valence-corrected chi connectivity index (χ2v) is 7.80. The zero-order chi connectivity index (χ0) is 23.1. The van der Waals surface area contributed by atoms with Crippen LogP contribution in [0.5, 0.6) is 17.2 Å². The summed E-state index contributed by atoms with van der Waals surface area (Å²) in [5.41, 5.74) is 4.29. The number of benzene rings is 3. The monoisotopic (exact) mass is 438 g/mol. The fourth-order valence-electron chi connectivity index (χ4n) is 3.99. The Balaban J connectivity index is 1.87. The molecule has 2 aromatic heterocycles. The van der Waals surface area contributed by atoms with E-state index in [1.165, 1.54) is 0 Å². The molecule has 0 saturated heterocycles. The van der Waals surface area contributed by atoms with Crippen molar-refractivity contribution < 1.29 is 15.3 Å². The molecule has 2 heterocycles. The summed E-state index contributed by atoms with van der Waals surface area (Å²) in [4.78, 5) is 14.4. The number of phenols is 3. The van der Waals surface area contributed by atoms with Gasteiger partial charge in [-0.25, -0.2) is 15.0 Å². The molecule has 3 aromatic carbocycles. The van der Waals surface area contributed by atoms with E-state index in [-0.39, 0.29) is 17.2 Å². The van der Waals surface area contributed by atoms with Crippen LogP contribution in [0.25, 0.3) is 45.2 Å². The quantitative estimate of drug-likeness (QED) is 0.353. The smallest absolute Gasteiger partial charge is 0.198 e. The molecule has 0 aliphatic carbocycles. The van der Waals surface area contributed by atoms with E-state index in [0.717, 1.165) is 5.56 Å². The van der Waals surface area contributed by atoms with Crippen LogP contribution in [-0.2, 0) is 6.54 Å². The van der Waals surface area contributed by atoms with Crippen molar-refractivity contribution in [1.82, 2.24) is 19.5 Å². The largest absolute Gasteiger partial charge is 0.507 e. The van der Waals surface area contributed by atoms with Crippen LogP contribution in [-0.4, -0.2) is 34.8 Å². The lowest BCUT2D eigenvalue weighted by Crippen LogP contribution is -2.01. The van der Waals surface area contributed by atoms with Crippen LogP contribution in [0.3, 0.4) is 0 Å². The first-order chi connectivity index (χ1) is 16.0. The van der Waals surface area contributed by atoms with E-state index in [1.54, 1.807) is 48.5 Å². The number of hydrogen-bond donors (Lipinski definition) is 3. The van der Waals surface area contributed by atoms with Gasteiger partial charge in [0.1, 0.15) is 34.5 Å². The van der Waals surface area contributed by atoms with Crippen molar-refractivity contribution in [1.29, 1.82) is 0 Å². The van der Waals surface area contributed by atoms with Crippen molar-refractivity contribution in [2.24, 2.45) is 0 Å². The van der Waals surface area contributed by atoms with E-state index in [4.69, 9.17) is 15.0 Å². The van der Waals surface area contributed by atoms with Gasteiger partial charge >= 0.3 is 0 Å². The summed E-state index contributed by atoms with van der Waals surface area (Å²) < 4.78 is 1.88. The van der Waals surface area contributed by atoms with Crippen LogP contribution >= 0.6 is 0 Å². The van der Waals surface area contributed by atoms with Crippen molar-refractivity contribution in [2.45, 2.75) is 20.4 Å². The van der Waals surface area contributed by atoms with Gasteiger partial charge in [0.15, 0.2) is 11.3 Å². The van der Waals surface area contributed by atoms with Crippen LogP contribution in [0.1, 0.15) is 12.5 Å². The topological polar surface area (TPSA) is 104 Å². The SMILES string of the molecule is CCn1c(-c2cc(C)ccc2O)nc2nc(-c3ccccc3O)c(-c3ccccc3O)nc21. The van der Waals surface area contributed by atoms with E-state index in [1.807, 2.05) is 36.6 Å². The zero-order valence-electron chi connectivity index (χ0n) is 18.2. The maximum atomic E-state index is 10.6. The van der Waals surface area contributed by atoms with Crippen LogP contribution in [0.4, 0.5) is 0 Å². The van der Waals surface area contributed by atoms with Gasteiger partial charge < -0.3 is 19.9 Å². The number of imidazole rings is 1. The van der Waals surface area contributed by atoms with Crippen LogP contribution in [0.15, 0.2) is 66.7 Å². The molecule has 0 aliphatic rings. The predicted molar refractivity (Wildman–Crippen MR) is 127 cm³/mol. The molecule has 0 unspecified atom stereocenters. The standard InChI is InChI=1S/C26H22N4O3/c1-3-30-25(18-14-15(2)12-13-21(18)33)29-24-26(30)28-23(17-9-5-7-11-20(17)32)22(27-24)16-8-4-6-10-19(16)31/h4-14,31-33H,3H2,1-2H3. The van der Waals surface area contributed by atoms with Gasteiger partial charge in [0.05, 0.1) is 5.56 Å². The Morgan fingerprint density at radius 3 is 1.88 bits per heavy atom. The van der Waals surface area contributed by atoms with Gasteiger partial charge in [-0.15, -0.1) is 0 Å². The van der Waals surface area contributed by atoms with Gasteiger partial charge in [0, 0.05) is 17.7 Å². The maximum Gasteiger partial charge on any atom is 0.198 e. The minimum Gasteiger partial charge on any atom is -0.507 e. The minimum absolute atomic E-state index is 0.0503. The molecule has 0 spiro atoms. The average Bonchev–Trinajstić information content (AvgIpc) is 3.18. The van der Waals surface area contributed by atoms with Gasteiger partial charge in [0.25, 0.3) is 0 Å². The Morgan fingerprint density at radius 1 is 0.697 bits per heavy atom. The highest BCUT2D eigenvalue weighted by molar-refractivity contribution is 5.88. The van der Waals surface area contributed by atoms with E-state index < -0.39 is 0 Å². The highest BCUT2D eigenvalue weighted by Gasteiger charge is 2.23.